The Balaban J connectivity index is 1.53. The van der Waals surface area contributed by atoms with Crippen LogP contribution in [0.25, 0.3) is 15.8 Å². The number of ether oxygens (including phenoxy) is 1. The SMILES string of the molecule is CC(C)(C)SC1=C(CC(C)(C)C(=O)O)C(Cc2ccc(Cl)cc2)c2ccc(OCc3ccc4ccccc4n3)cc21. The number of pyridine rings is 1. The van der Waals surface area contributed by atoms with Crippen molar-refractivity contribution in [3.05, 3.63) is 112 Å². The largest absolute Gasteiger partial charge is 0.487 e. The number of carboxylic acid groups (broad SMARTS) is 1. The third-order valence-corrected chi connectivity index (χ3v) is 8.92. The molecule has 1 aliphatic carbocycles. The smallest absolute Gasteiger partial charge is 0.309 e. The first-order chi connectivity index (χ1) is 19.4. The minimum atomic E-state index is -0.902. The quantitative estimate of drug-likeness (QED) is 0.212. The number of halogens is 1. The van der Waals surface area contributed by atoms with Crippen LogP contribution in [0.5, 0.6) is 5.75 Å². The molecular weight excluding hydrogens is 550 g/mol. The Bertz CT molecular complexity index is 1620. The van der Waals surface area contributed by atoms with Crippen LogP contribution in [0, 0.1) is 5.41 Å². The summed E-state index contributed by atoms with van der Waals surface area (Å²) in [5.41, 5.74) is 5.60. The molecule has 1 atom stereocenters. The average molecular weight is 586 g/mol. The van der Waals surface area contributed by atoms with Gasteiger partial charge in [0, 0.05) is 26.0 Å². The molecule has 0 radical (unpaired) electrons. The standard InChI is InChI=1S/C35H36ClNO3S/c1-34(2,3)41-32-29-19-26(40-21-25-15-12-23-8-6-7-9-31(23)37-25)16-17-27(29)28(18-22-10-13-24(36)14-11-22)30(32)20-35(4,5)33(38)39/h6-17,19,28H,18,20-21H2,1-5H3,(H,38,39). The third kappa shape index (κ3) is 6.79. The summed E-state index contributed by atoms with van der Waals surface area (Å²) in [5.74, 6) is 0.0405. The van der Waals surface area contributed by atoms with Crippen LogP contribution in [0.2, 0.25) is 5.02 Å². The number of benzene rings is 3. The van der Waals surface area contributed by atoms with Crippen molar-refractivity contribution in [3.63, 3.8) is 0 Å². The van der Waals surface area contributed by atoms with Crippen molar-refractivity contribution in [2.45, 2.75) is 64.7 Å². The Kier molecular flexibility index (Phi) is 8.22. The second kappa shape index (κ2) is 11.5. The van der Waals surface area contributed by atoms with Crippen LogP contribution in [-0.2, 0) is 17.8 Å². The summed E-state index contributed by atoms with van der Waals surface area (Å²) < 4.78 is 6.22. The van der Waals surface area contributed by atoms with Gasteiger partial charge >= 0.3 is 5.97 Å². The first-order valence-electron chi connectivity index (χ1n) is 13.9. The van der Waals surface area contributed by atoms with Gasteiger partial charge in [-0.15, -0.1) is 11.8 Å². The molecule has 41 heavy (non-hydrogen) atoms. The van der Waals surface area contributed by atoms with Crippen LogP contribution < -0.4 is 4.74 Å². The Morgan fingerprint density at radius 3 is 2.41 bits per heavy atom. The highest BCUT2D eigenvalue weighted by Gasteiger charge is 2.39. The van der Waals surface area contributed by atoms with Crippen molar-refractivity contribution in [1.29, 1.82) is 0 Å². The lowest BCUT2D eigenvalue weighted by atomic mass is 9.79. The predicted octanol–water partition coefficient (Wildman–Crippen LogP) is 9.55. The fraction of sp³-hybridized carbons (Fsp3) is 0.314. The number of fused-ring (bicyclic) bond motifs is 2. The molecule has 0 saturated carbocycles. The van der Waals surface area contributed by atoms with E-state index in [4.69, 9.17) is 21.3 Å². The molecule has 1 unspecified atom stereocenters. The zero-order valence-corrected chi connectivity index (χ0v) is 25.8. The molecule has 4 nitrogen and oxygen atoms in total. The number of carboxylic acids is 1. The van der Waals surface area contributed by atoms with E-state index in [1.165, 1.54) is 16.7 Å². The number of hydrogen-bond donors (Lipinski definition) is 1. The Hall–Kier alpha value is -3.28. The predicted molar refractivity (Wildman–Crippen MR) is 171 cm³/mol. The zero-order valence-electron chi connectivity index (χ0n) is 24.2. The molecular formula is C35H36ClNO3S. The second-order valence-electron chi connectivity index (χ2n) is 12.4. The van der Waals surface area contributed by atoms with Gasteiger partial charge in [0.25, 0.3) is 0 Å². The molecule has 6 heteroatoms. The molecule has 0 bridgehead atoms. The van der Waals surface area contributed by atoms with Gasteiger partial charge in [0.15, 0.2) is 0 Å². The number of thioether (sulfide) groups is 1. The van der Waals surface area contributed by atoms with Crippen molar-refractivity contribution in [2.24, 2.45) is 5.41 Å². The summed E-state index contributed by atoms with van der Waals surface area (Å²) in [6.07, 6.45) is 1.23. The van der Waals surface area contributed by atoms with E-state index >= 15 is 0 Å². The van der Waals surface area contributed by atoms with Crippen molar-refractivity contribution in [2.75, 3.05) is 0 Å². The number of carbonyl (C=O) groups is 1. The van der Waals surface area contributed by atoms with E-state index < -0.39 is 11.4 Å². The molecule has 5 rings (SSSR count). The highest BCUT2D eigenvalue weighted by Crippen LogP contribution is 2.55. The maximum absolute atomic E-state index is 12.3. The van der Waals surface area contributed by atoms with Crippen molar-refractivity contribution >= 4 is 45.1 Å². The van der Waals surface area contributed by atoms with E-state index in [0.29, 0.717) is 18.1 Å². The maximum atomic E-state index is 12.3. The first kappa shape index (κ1) is 29.2. The Morgan fingerprint density at radius 1 is 0.976 bits per heavy atom. The lowest BCUT2D eigenvalue weighted by Crippen LogP contribution is -2.25. The fourth-order valence-electron chi connectivity index (χ4n) is 5.26. The minimum Gasteiger partial charge on any atom is -0.487 e. The number of aliphatic carboxylic acids is 1. The molecule has 0 fully saturated rings. The zero-order chi connectivity index (χ0) is 29.4. The molecule has 1 N–H and O–H groups in total. The summed E-state index contributed by atoms with van der Waals surface area (Å²) in [6, 6.07) is 26.4. The molecule has 0 aliphatic heterocycles. The molecule has 0 spiro atoms. The highest BCUT2D eigenvalue weighted by molar-refractivity contribution is 8.09. The molecule has 1 aromatic heterocycles. The van der Waals surface area contributed by atoms with Gasteiger partial charge in [-0.1, -0.05) is 74.8 Å². The van der Waals surface area contributed by atoms with Gasteiger partial charge < -0.3 is 9.84 Å². The lowest BCUT2D eigenvalue weighted by molar-refractivity contribution is -0.146. The summed E-state index contributed by atoms with van der Waals surface area (Å²) in [6.45, 7) is 10.6. The minimum absolute atomic E-state index is 0.0610. The highest BCUT2D eigenvalue weighted by atomic mass is 35.5. The number of hydrogen-bond acceptors (Lipinski definition) is 4. The van der Waals surface area contributed by atoms with Gasteiger partial charge in [-0.05, 0) is 85.4 Å². The van der Waals surface area contributed by atoms with Crippen LogP contribution in [0.15, 0.2) is 84.4 Å². The van der Waals surface area contributed by atoms with Crippen LogP contribution in [0.1, 0.15) is 69.3 Å². The number of aromatic nitrogens is 1. The van der Waals surface area contributed by atoms with E-state index in [9.17, 15) is 9.90 Å². The van der Waals surface area contributed by atoms with Gasteiger partial charge in [0.1, 0.15) is 12.4 Å². The summed E-state index contributed by atoms with van der Waals surface area (Å²) in [4.78, 5) is 18.2. The van der Waals surface area contributed by atoms with E-state index in [0.717, 1.165) is 39.2 Å². The van der Waals surface area contributed by atoms with Crippen molar-refractivity contribution in [3.8, 4) is 5.75 Å². The van der Waals surface area contributed by atoms with Crippen LogP contribution in [-0.4, -0.2) is 20.8 Å². The van der Waals surface area contributed by atoms with E-state index in [-0.39, 0.29) is 10.7 Å². The first-order valence-corrected chi connectivity index (χ1v) is 15.1. The van der Waals surface area contributed by atoms with Crippen LogP contribution in [0.3, 0.4) is 0 Å². The topological polar surface area (TPSA) is 59.4 Å². The van der Waals surface area contributed by atoms with Gasteiger partial charge in [-0.25, -0.2) is 4.98 Å². The van der Waals surface area contributed by atoms with E-state index in [2.05, 4.69) is 57.2 Å². The number of rotatable bonds is 9. The molecule has 4 aromatic rings. The Labute approximate surface area is 251 Å². The molecule has 212 valence electrons. The lowest BCUT2D eigenvalue weighted by Gasteiger charge is -2.26. The molecule has 3 aromatic carbocycles. The fourth-order valence-corrected chi connectivity index (χ4v) is 6.63. The molecule has 0 amide bonds. The second-order valence-corrected chi connectivity index (χ2v) is 14.6. The average Bonchev–Trinajstić information content (AvgIpc) is 3.18. The number of nitrogens with zero attached hydrogens (tertiary/aromatic N) is 1. The summed E-state index contributed by atoms with van der Waals surface area (Å²) in [7, 11) is 0. The Morgan fingerprint density at radius 2 is 1.71 bits per heavy atom. The monoisotopic (exact) mass is 585 g/mol. The van der Waals surface area contributed by atoms with Crippen molar-refractivity contribution in [1.82, 2.24) is 4.98 Å². The normalized spacial score (nSPS) is 15.3. The number of para-hydroxylation sites is 1. The molecule has 1 heterocycles. The van der Waals surface area contributed by atoms with E-state index in [1.807, 2.05) is 56.3 Å². The summed E-state index contributed by atoms with van der Waals surface area (Å²) >= 11 is 7.99. The van der Waals surface area contributed by atoms with Gasteiger partial charge in [-0.3, -0.25) is 4.79 Å². The number of allylic oxidation sites excluding steroid dienone is 1. The van der Waals surface area contributed by atoms with Crippen LogP contribution in [0.4, 0.5) is 0 Å². The van der Waals surface area contributed by atoms with Crippen molar-refractivity contribution < 1.29 is 14.6 Å². The van der Waals surface area contributed by atoms with Gasteiger partial charge in [-0.2, -0.15) is 0 Å². The van der Waals surface area contributed by atoms with Gasteiger partial charge in [0.2, 0.25) is 0 Å². The maximum Gasteiger partial charge on any atom is 0.309 e. The van der Waals surface area contributed by atoms with Gasteiger partial charge in [0.05, 0.1) is 16.6 Å². The summed E-state index contributed by atoms with van der Waals surface area (Å²) in [5, 5.41) is 11.9. The molecule has 1 aliphatic rings. The third-order valence-electron chi connectivity index (χ3n) is 7.37. The van der Waals surface area contributed by atoms with Crippen LogP contribution >= 0.6 is 23.4 Å². The van der Waals surface area contributed by atoms with E-state index in [1.54, 1.807) is 11.8 Å². The molecule has 0 saturated heterocycles.